The summed E-state index contributed by atoms with van der Waals surface area (Å²) in [6, 6.07) is 11.9. The molecular formula is C14H12BrNO. The van der Waals surface area contributed by atoms with Gasteiger partial charge in [-0.3, -0.25) is 0 Å². The van der Waals surface area contributed by atoms with Crippen molar-refractivity contribution in [2.45, 2.75) is 0 Å². The molecule has 0 radical (unpaired) electrons. The maximum atomic E-state index is 5.11. The van der Waals surface area contributed by atoms with Crippen LogP contribution in [-0.2, 0) is 0 Å². The molecule has 0 atom stereocenters. The maximum Gasteiger partial charge on any atom is 0.118 e. The fourth-order valence-electron chi connectivity index (χ4n) is 1.39. The van der Waals surface area contributed by atoms with E-state index < -0.39 is 0 Å². The van der Waals surface area contributed by atoms with Gasteiger partial charge in [-0.05, 0) is 45.3 Å². The summed E-state index contributed by atoms with van der Waals surface area (Å²) < 4.78 is 5.95. The lowest BCUT2D eigenvalue weighted by Crippen LogP contribution is -1.81. The SMILES string of the molecule is COc1ccc(C=Cc2ccc(Br)nc2)cc1. The van der Waals surface area contributed by atoms with Crippen LogP contribution >= 0.6 is 15.9 Å². The highest BCUT2D eigenvalue weighted by Crippen LogP contribution is 2.14. The van der Waals surface area contributed by atoms with Crippen molar-refractivity contribution in [2.75, 3.05) is 7.11 Å². The van der Waals surface area contributed by atoms with E-state index in [-0.39, 0.29) is 0 Å². The van der Waals surface area contributed by atoms with Gasteiger partial charge in [-0.25, -0.2) is 4.98 Å². The highest BCUT2D eigenvalue weighted by Gasteiger charge is 1.91. The highest BCUT2D eigenvalue weighted by atomic mass is 79.9. The Balaban J connectivity index is 2.11. The minimum atomic E-state index is 0.846. The first-order valence-corrected chi connectivity index (χ1v) is 6.01. The lowest BCUT2D eigenvalue weighted by molar-refractivity contribution is 0.415. The molecule has 17 heavy (non-hydrogen) atoms. The molecule has 0 bridgehead atoms. The van der Waals surface area contributed by atoms with Crippen molar-refractivity contribution in [2.24, 2.45) is 0 Å². The van der Waals surface area contributed by atoms with Crippen molar-refractivity contribution in [1.82, 2.24) is 4.98 Å². The summed E-state index contributed by atoms with van der Waals surface area (Å²) in [5, 5.41) is 0. The topological polar surface area (TPSA) is 22.1 Å². The molecule has 0 saturated heterocycles. The molecule has 1 heterocycles. The number of ether oxygens (including phenoxy) is 1. The summed E-state index contributed by atoms with van der Waals surface area (Å²) in [5.41, 5.74) is 2.21. The largest absolute Gasteiger partial charge is 0.497 e. The molecule has 0 amide bonds. The minimum absolute atomic E-state index is 0.846. The second-order valence-corrected chi connectivity index (χ2v) is 4.33. The van der Waals surface area contributed by atoms with Crippen LogP contribution in [0, 0.1) is 0 Å². The summed E-state index contributed by atoms with van der Waals surface area (Å²) in [5.74, 6) is 0.868. The van der Waals surface area contributed by atoms with Gasteiger partial charge in [0.25, 0.3) is 0 Å². The van der Waals surface area contributed by atoms with Crippen molar-refractivity contribution in [3.63, 3.8) is 0 Å². The van der Waals surface area contributed by atoms with Crippen LogP contribution in [0.4, 0.5) is 0 Å². The first kappa shape index (κ1) is 11.9. The van der Waals surface area contributed by atoms with Crippen LogP contribution in [0.25, 0.3) is 12.2 Å². The average molecular weight is 290 g/mol. The van der Waals surface area contributed by atoms with Crippen LogP contribution < -0.4 is 4.74 Å². The number of nitrogens with zero attached hydrogens (tertiary/aromatic N) is 1. The summed E-state index contributed by atoms with van der Waals surface area (Å²) in [7, 11) is 1.67. The molecule has 0 aliphatic rings. The molecule has 0 fully saturated rings. The van der Waals surface area contributed by atoms with E-state index in [1.807, 2.05) is 54.7 Å². The predicted molar refractivity (Wildman–Crippen MR) is 73.9 cm³/mol. The fourth-order valence-corrected chi connectivity index (χ4v) is 1.63. The zero-order valence-corrected chi connectivity index (χ0v) is 11.0. The Morgan fingerprint density at radius 1 is 1.00 bits per heavy atom. The van der Waals surface area contributed by atoms with E-state index in [4.69, 9.17) is 4.74 Å². The van der Waals surface area contributed by atoms with Crippen LogP contribution in [0.5, 0.6) is 5.75 Å². The quantitative estimate of drug-likeness (QED) is 0.796. The van der Waals surface area contributed by atoms with Gasteiger partial charge in [0.15, 0.2) is 0 Å². The van der Waals surface area contributed by atoms with E-state index in [0.29, 0.717) is 0 Å². The van der Waals surface area contributed by atoms with Crippen molar-refractivity contribution in [3.05, 3.63) is 58.3 Å². The normalized spacial score (nSPS) is 10.7. The zero-order chi connectivity index (χ0) is 12.1. The molecule has 2 aromatic rings. The van der Waals surface area contributed by atoms with Gasteiger partial charge >= 0.3 is 0 Å². The number of hydrogen-bond acceptors (Lipinski definition) is 2. The molecule has 3 heteroatoms. The molecular weight excluding hydrogens is 278 g/mol. The van der Waals surface area contributed by atoms with Crippen LogP contribution in [0.1, 0.15) is 11.1 Å². The monoisotopic (exact) mass is 289 g/mol. The van der Waals surface area contributed by atoms with Gasteiger partial charge in [0.2, 0.25) is 0 Å². The molecule has 1 aromatic heterocycles. The second-order valence-electron chi connectivity index (χ2n) is 3.52. The smallest absolute Gasteiger partial charge is 0.118 e. The highest BCUT2D eigenvalue weighted by molar-refractivity contribution is 9.10. The molecule has 0 spiro atoms. The summed E-state index contributed by atoms with van der Waals surface area (Å²) in [6.07, 6.45) is 5.90. The number of halogens is 1. The summed E-state index contributed by atoms with van der Waals surface area (Å²) in [4.78, 5) is 4.16. The summed E-state index contributed by atoms with van der Waals surface area (Å²) in [6.45, 7) is 0. The van der Waals surface area contributed by atoms with Crippen molar-refractivity contribution in [3.8, 4) is 5.75 Å². The Morgan fingerprint density at radius 3 is 2.24 bits per heavy atom. The number of hydrogen-bond donors (Lipinski definition) is 0. The molecule has 2 rings (SSSR count). The van der Waals surface area contributed by atoms with Crippen molar-refractivity contribution >= 4 is 28.1 Å². The molecule has 0 unspecified atom stereocenters. The number of pyridine rings is 1. The van der Waals surface area contributed by atoms with Crippen molar-refractivity contribution in [1.29, 1.82) is 0 Å². The van der Waals surface area contributed by atoms with Crippen LogP contribution in [0.15, 0.2) is 47.2 Å². The third-order valence-corrected chi connectivity index (χ3v) is 2.80. The Morgan fingerprint density at radius 2 is 1.65 bits per heavy atom. The molecule has 86 valence electrons. The van der Waals surface area contributed by atoms with Crippen LogP contribution in [0.2, 0.25) is 0 Å². The Bertz CT molecular complexity index is 503. The van der Waals surface area contributed by atoms with Crippen molar-refractivity contribution < 1.29 is 4.74 Å². The van der Waals surface area contributed by atoms with Gasteiger partial charge in [-0.15, -0.1) is 0 Å². The number of methoxy groups -OCH3 is 1. The maximum absolute atomic E-state index is 5.11. The zero-order valence-electron chi connectivity index (χ0n) is 9.43. The number of rotatable bonds is 3. The first-order chi connectivity index (χ1) is 8.28. The molecule has 0 saturated carbocycles. The Labute approximate surface area is 109 Å². The molecule has 1 aromatic carbocycles. The fraction of sp³-hybridized carbons (Fsp3) is 0.0714. The van der Waals surface area contributed by atoms with Crippen LogP contribution in [0.3, 0.4) is 0 Å². The minimum Gasteiger partial charge on any atom is -0.497 e. The summed E-state index contributed by atoms with van der Waals surface area (Å²) >= 11 is 3.31. The number of benzene rings is 1. The van der Waals surface area contributed by atoms with Gasteiger partial charge in [0.1, 0.15) is 10.4 Å². The number of aromatic nitrogens is 1. The van der Waals surface area contributed by atoms with Gasteiger partial charge in [-0.1, -0.05) is 30.4 Å². The third-order valence-electron chi connectivity index (χ3n) is 2.33. The lowest BCUT2D eigenvalue weighted by Gasteiger charge is -1.99. The Hall–Kier alpha value is -1.61. The van der Waals surface area contributed by atoms with Gasteiger partial charge < -0.3 is 4.74 Å². The standard InChI is InChI=1S/C14H12BrNO/c1-17-13-7-4-11(5-8-13)2-3-12-6-9-14(15)16-10-12/h2-10H,1H3. The molecule has 0 aliphatic heterocycles. The predicted octanol–water partition coefficient (Wildman–Crippen LogP) is 4.02. The van der Waals surface area contributed by atoms with Gasteiger partial charge in [0, 0.05) is 6.20 Å². The van der Waals surface area contributed by atoms with Crippen LogP contribution in [-0.4, -0.2) is 12.1 Å². The Kier molecular flexibility index (Phi) is 3.94. The molecule has 2 nitrogen and oxygen atoms in total. The van der Waals surface area contributed by atoms with E-state index in [9.17, 15) is 0 Å². The van der Waals surface area contributed by atoms with E-state index in [1.165, 1.54) is 0 Å². The van der Waals surface area contributed by atoms with Gasteiger partial charge in [0.05, 0.1) is 7.11 Å². The van der Waals surface area contributed by atoms with E-state index in [0.717, 1.165) is 21.5 Å². The van der Waals surface area contributed by atoms with E-state index in [2.05, 4.69) is 20.9 Å². The lowest BCUT2D eigenvalue weighted by atomic mass is 10.1. The van der Waals surface area contributed by atoms with E-state index in [1.54, 1.807) is 7.11 Å². The molecule has 0 aliphatic carbocycles. The average Bonchev–Trinajstić information content (AvgIpc) is 2.39. The third kappa shape index (κ3) is 3.43. The first-order valence-electron chi connectivity index (χ1n) is 5.21. The van der Waals surface area contributed by atoms with E-state index >= 15 is 0 Å². The second kappa shape index (κ2) is 5.64. The van der Waals surface area contributed by atoms with Gasteiger partial charge in [-0.2, -0.15) is 0 Å². The molecule has 0 N–H and O–H groups in total.